The SMILES string of the molecule is CC1C=C(O[Si](C)(C)C)CC1. The first-order valence-corrected chi connectivity index (χ1v) is 7.78. The summed E-state index contributed by atoms with van der Waals surface area (Å²) >= 11 is 0. The highest BCUT2D eigenvalue weighted by atomic mass is 28.4. The van der Waals surface area contributed by atoms with Crippen LogP contribution < -0.4 is 0 Å². The summed E-state index contributed by atoms with van der Waals surface area (Å²) in [5, 5.41) is 0. The van der Waals surface area contributed by atoms with E-state index >= 15 is 0 Å². The van der Waals surface area contributed by atoms with Crippen molar-refractivity contribution in [2.24, 2.45) is 5.92 Å². The van der Waals surface area contributed by atoms with Gasteiger partial charge in [0.15, 0.2) is 0 Å². The standard InChI is InChI=1S/C9H18OSi/c1-8-5-6-9(7-8)10-11(2,3)4/h7-8H,5-6H2,1-4H3. The Balaban J connectivity index is 2.45. The van der Waals surface area contributed by atoms with Gasteiger partial charge in [-0.1, -0.05) is 6.92 Å². The van der Waals surface area contributed by atoms with Crippen molar-refractivity contribution >= 4 is 8.32 Å². The predicted molar refractivity (Wildman–Crippen MR) is 50.9 cm³/mol. The van der Waals surface area contributed by atoms with E-state index in [1.165, 1.54) is 12.2 Å². The molecule has 0 N–H and O–H groups in total. The number of allylic oxidation sites excluding steroid dienone is 2. The largest absolute Gasteiger partial charge is 0.548 e. The summed E-state index contributed by atoms with van der Waals surface area (Å²) in [6.07, 6.45) is 4.71. The van der Waals surface area contributed by atoms with Crippen molar-refractivity contribution in [2.45, 2.75) is 39.4 Å². The van der Waals surface area contributed by atoms with Crippen LogP contribution in [-0.2, 0) is 4.43 Å². The molecule has 2 heteroatoms. The second-order valence-corrected chi connectivity index (χ2v) is 8.79. The molecule has 0 bridgehead atoms. The third-order valence-electron chi connectivity index (χ3n) is 1.75. The highest BCUT2D eigenvalue weighted by molar-refractivity contribution is 6.70. The Morgan fingerprint density at radius 3 is 2.45 bits per heavy atom. The van der Waals surface area contributed by atoms with E-state index in [2.05, 4.69) is 32.6 Å². The van der Waals surface area contributed by atoms with Crippen molar-refractivity contribution in [2.75, 3.05) is 0 Å². The average Bonchev–Trinajstić information content (AvgIpc) is 2.10. The average molecular weight is 170 g/mol. The van der Waals surface area contributed by atoms with Crippen molar-refractivity contribution in [3.63, 3.8) is 0 Å². The second kappa shape index (κ2) is 3.01. The van der Waals surface area contributed by atoms with Crippen LogP contribution in [0.25, 0.3) is 0 Å². The highest BCUT2D eigenvalue weighted by Gasteiger charge is 2.20. The first-order chi connectivity index (χ1) is 4.97. The van der Waals surface area contributed by atoms with E-state index in [0.29, 0.717) is 0 Å². The molecule has 0 heterocycles. The molecule has 0 aliphatic heterocycles. The lowest BCUT2D eigenvalue weighted by molar-refractivity contribution is 0.407. The minimum Gasteiger partial charge on any atom is -0.548 e. The van der Waals surface area contributed by atoms with Gasteiger partial charge in [0.2, 0.25) is 8.32 Å². The molecule has 64 valence electrons. The molecule has 0 amide bonds. The Labute approximate surface area is 70.6 Å². The fourth-order valence-corrected chi connectivity index (χ4v) is 2.29. The lowest BCUT2D eigenvalue weighted by Gasteiger charge is -2.19. The molecular weight excluding hydrogens is 152 g/mol. The summed E-state index contributed by atoms with van der Waals surface area (Å²) < 4.78 is 5.87. The third kappa shape index (κ3) is 3.10. The number of hydrogen-bond acceptors (Lipinski definition) is 1. The second-order valence-electron chi connectivity index (χ2n) is 4.36. The minimum absolute atomic E-state index is 0.737. The molecule has 0 saturated carbocycles. The van der Waals surface area contributed by atoms with Gasteiger partial charge in [0.25, 0.3) is 0 Å². The molecule has 0 fully saturated rings. The van der Waals surface area contributed by atoms with Gasteiger partial charge in [0.1, 0.15) is 0 Å². The van der Waals surface area contributed by atoms with Crippen LogP contribution in [0.4, 0.5) is 0 Å². The first-order valence-electron chi connectivity index (χ1n) is 4.37. The summed E-state index contributed by atoms with van der Waals surface area (Å²) in [5.41, 5.74) is 0. The maximum atomic E-state index is 5.87. The van der Waals surface area contributed by atoms with Gasteiger partial charge in [-0.3, -0.25) is 0 Å². The molecule has 11 heavy (non-hydrogen) atoms. The van der Waals surface area contributed by atoms with Gasteiger partial charge in [-0.15, -0.1) is 0 Å². The number of hydrogen-bond donors (Lipinski definition) is 0. The van der Waals surface area contributed by atoms with Gasteiger partial charge >= 0.3 is 0 Å². The smallest absolute Gasteiger partial charge is 0.241 e. The molecule has 0 spiro atoms. The van der Waals surface area contributed by atoms with Crippen LogP contribution in [0.2, 0.25) is 19.6 Å². The molecule has 1 aliphatic rings. The van der Waals surface area contributed by atoms with Crippen LogP contribution in [0, 0.1) is 5.92 Å². The Morgan fingerprint density at radius 2 is 2.09 bits per heavy atom. The van der Waals surface area contributed by atoms with Crippen molar-refractivity contribution in [1.82, 2.24) is 0 Å². The van der Waals surface area contributed by atoms with E-state index in [-0.39, 0.29) is 0 Å². The van der Waals surface area contributed by atoms with Crippen LogP contribution in [0.3, 0.4) is 0 Å². The topological polar surface area (TPSA) is 9.23 Å². The summed E-state index contributed by atoms with van der Waals surface area (Å²) in [4.78, 5) is 0. The van der Waals surface area contributed by atoms with Crippen molar-refractivity contribution < 1.29 is 4.43 Å². The monoisotopic (exact) mass is 170 g/mol. The van der Waals surface area contributed by atoms with E-state index < -0.39 is 8.32 Å². The molecule has 1 atom stereocenters. The van der Waals surface area contributed by atoms with Gasteiger partial charge in [-0.25, -0.2) is 0 Å². The summed E-state index contributed by atoms with van der Waals surface area (Å²) in [6.45, 7) is 8.95. The van der Waals surface area contributed by atoms with Crippen molar-refractivity contribution in [3.8, 4) is 0 Å². The molecule has 0 aromatic carbocycles. The predicted octanol–water partition coefficient (Wildman–Crippen LogP) is 3.15. The number of rotatable bonds is 2. The normalized spacial score (nSPS) is 25.1. The van der Waals surface area contributed by atoms with E-state index in [0.717, 1.165) is 12.3 Å². The Kier molecular flexibility index (Phi) is 2.42. The zero-order chi connectivity index (χ0) is 8.48. The molecular formula is C9H18OSi. The van der Waals surface area contributed by atoms with Gasteiger partial charge < -0.3 is 4.43 Å². The molecule has 0 saturated heterocycles. The molecule has 0 radical (unpaired) electrons. The summed E-state index contributed by atoms with van der Waals surface area (Å²) in [6, 6.07) is 0. The van der Waals surface area contributed by atoms with E-state index in [1.807, 2.05) is 0 Å². The van der Waals surface area contributed by atoms with Gasteiger partial charge in [-0.05, 0) is 38.1 Å². The fraction of sp³-hybridized carbons (Fsp3) is 0.778. The fourth-order valence-electron chi connectivity index (χ4n) is 1.33. The van der Waals surface area contributed by atoms with E-state index in [1.54, 1.807) is 0 Å². The van der Waals surface area contributed by atoms with Gasteiger partial charge in [0, 0.05) is 6.42 Å². The van der Waals surface area contributed by atoms with Crippen LogP contribution in [0.5, 0.6) is 0 Å². The highest BCUT2D eigenvalue weighted by Crippen LogP contribution is 2.26. The Hall–Kier alpha value is -0.243. The molecule has 1 nitrogen and oxygen atoms in total. The first kappa shape index (κ1) is 8.85. The molecule has 0 aromatic heterocycles. The van der Waals surface area contributed by atoms with Crippen LogP contribution in [-0.4, -0.2) is 8.32 Å². The summed E-state index contributed by atoms with van der Waals surface area (Å²) in [5.74, 6) is 1.98. The zero-order valence-corrected chi connectivity index (χ0v) is 8.98. The molecule has 1 unspecified atom stereocenters. The Bertz CT molecular complexity index is 167. The quantitative estimate of drug-likeness (QED) is 0.578. The van der Waals surface area contributed by atoms with Crippen LogP contribution in [0.1, 0.15) is 19.8 Å². The zero-order valence-electron chi connectivity index (χ0n) is 7.98. The molecule has 1 rings (SSSR count). The summed E-state index contributed by atoms with van der Waals surface area (Å²) in [7, 11) is -1.32. The van der Waals surface area contributed by atoms with Crippen molar-refractivity contribution in [3.05, 3.63) is 11.8 Å². The van der Waals surface area contributed by atoms with Gasteiger partial charge in [0.05, 0.1) is 5.76 Å². The minimum atomic E-state index is -1.32. The molecule has 1 aliphatic carbocycles. The van der Waals surface area contributed by atoms with Crippen LogP contribution in [0.15, 0.2) is 11.8 Å². The van der Waals surface area contributed by atoms with Crippen molar-refractivity contribution in [1.29, 1.82) is 0 Å². The maximum absolute atomic E-state index is 5.87. The lowest BCUT2D eigenvalue weighted by Crippen LogP contribution is -2.24. The lowest BCUT2D eigenvalue weighted by atomic mass is 10.2. The van der Waals surface area contributed by atoms with Crippen LogP contribution >= 0.6 is 0 Å². The van der Waals surface area contributed by atoms with Gasteiger partial charge in [-0.2, -0.15) is 0 Å². The van der Waals surface area contributed by atoms with E-state index in [9.17, 15) is 0 Å². The maximum Gasteiger partial charge on any atom is 0.241 e. The third-order valence-corrected chi connectivity index (χ3v) is 2.63. The van der Waals surface area contributed by atoms with E-state index in [4.69, 9.17) is 4.43 Å². The Morgan fingerprint density at radius 1 is 1.45 bits per heavy atom. The molecule has 0 aromatic rings.